The molecular weight excluding hydrogens is 310 g/mol. The summed E-state index contributed by atoms with van der Waals surface area (Å²) in [6, 6.07) is 7.96. The maximum atomic E-state index is 5.24. The van der Waals surface area contributed by atoms with E-state index in [0.717, 1.165) is 32.1 Å². The van der Waals surface area contributed by atoms with E-state index < -0.39 is 0 Å². The lowest BCUT2D eigenvalue weighted by molar-refractivity contribution is 0.415. The second kappa shape index (κ2) is 6.34. The highest BCUT2D eigenvalue weighted by atomic mass is 32.2. The van der Waals surface area contributed by atoms with E-state index in [1.54, 1.807) is 47.1 Å². The van der Waals surface area contributed by atoms with Crippen molar-refractivity contribution in [3.63, 3.8) is 0 Å². The molecule has 20 heavy (non-hydrogen) atoms. The lowest BCUT2D eigenvalue weighted by Gasteiger charge is -2.01. The van der Waals surface area contributed by atoms with Crippen molar-refractivity contribution in [3.8, 4) is 16.3 Å². The number of nitrogens with zero attached hydrogens (tertiary/aromatic N) is 3. The number of hydrogen-bond acceptors (Lipinski definition) is 7. The molecule has 7 heteroatoms. The van der Waals surface area contributed by atoms with Gasteiger partial charge in [-0.25, -0.2) is 4.98 Å². The van der Waals surface area contributed by atoms with Gasteiger partial charge in [0.15, 0.2) is 4.34 Å². The highest BCUT2D eigenvalue weighted by Crippen LogP contribution is 2.29. The van der Waals surface area contributed by atoms with E-state index in [2.05, 4.69) is 20.6 Å². The monoisotopic (exact) mass is 321 g/mol. The molecule has 4 nitrogen and oxygen atoms in total. The van der Waals surface area contributed by atoms with Gasteiger partial charge in [-0.1, -0.05) is 35.2 Å². The minimum atomic E-state index is 0.815. The maximum Gasteiger partial charge on any atom is 0.174 e. The Hall–Kier alpha value is -1.44. The summed E-state index contributed by atoms with van der Waals surface area (Å²) in [5.74, 6) is 1.66. The van der Waals surface area contributed by atoms with Crippen molar-refractivity contribution in [3.05, 3.63) is 40.8 Å². The van der Waals surface area contributed by atoms with Crippen LogP contribution in [-0.2, 0) is 5.75 Å². The van der Waals surface area contributed by atoms with Gasteiger partial charge in [-0.05, 0) is 12.1 Å². The summed E-state index contributed by atoms with van der Waals surface area (Å²) in [5.41, 5.74) is 3.89. The van der Waals surface area contributed by atoms with Gasteiger partial charge in [-0.2, -0.15) is 0 Å². The Morgan fingerprint density at radius 2 is 2.25 bits per heavy atom. The normalized spacial score (nSPS) is 10.7. The number of rotatable bonds is 5. The minimum Gasteiger partial charge on any atom is -0.497 e. The van der Waals surface area contributed by atoms with Crippen molar-refractivity contribution in [1.29, 1.82) is 0 Å². The van der Waals surface area contributed by atoms with Crippen LogP contribution in [0.4, 0.5) is 0 Å². The van der Waals surface area contributed by atoms with Crippen LogP contribution in [0.1, 0.15) is 5.69 Å². The molecule has 0 amide bonds. The zero-order valence-electron chi connectivity index (χ0n) is 10.6. The fourth-order valence-corrected chi connectivity index (χ4v) is 3.93. The zero-order chi connectivity index (χ0) is 13.8. The van der Waals surface area contributed by atoms with Gasteiger partial charge in [-0.15, -0.1) is 21.5 Å². The molecule has 0 saturated carbocycles. The van der Waals surface area contributed by atoms with Crippen LogP contribution in [0.15, 0.2) is 39.5 Å². The first-order valence-corrected chi connectivity index (χ1v) is 8.57. The van der Waals surface area contributed by atoms with Crippen LogP contribution in [0.2, 0.25) is 0 Å². The highest BCUT2D eigenvalue weighted by molar-refractivity contribution is 8.00. The van der Waals surface area contributed by atoms with Gasteiger partial charge in [-0.3, -0.25) is 0 Å². The van der Waals surface area contributed by atoms with Crippen LogP contribution in [0, 0.1) is 0 Å². The van der Waals surface area contributed by atoms with E-state index in [1.807, 2.05) is 24.3 Å². The third-order valence-corrected chi connectivity index (χ3v) is 5.39. The van der Waals surface area contributed by atoms with E-state index in [9.17, 15) is 0 Å². The fraction of sp³-hybridized carbons (Fsp3) is 0.154. The second-order valence-electron chi connectivity index (χ2n) is 3.87. The van der Waals surface area contributed by atoms with Gasteiger partial charge in [0.05, 0.1) is 12.8 Å². The predicted octanol–water partition coefficient (Wildman–Crippen LogP) is 3.96. The molecule has 3 aromatic rings. The van der Waals surface area contributed by atoms with Gasteiger partial charge in [0.1, 0.15) is 16.3 Å². The molecule has 0 spiro atoms. The molecule has 0 saturated heterocycles. The largest absolute Gasteiger partial charge is 0.497 e. The summed E-state index contributed by atoms with van der Waals surface area (Å²) in [7, 11) is 1.67. The third kappa shape index (κ3) is 3.17. The lowest BCUT2D eigenvalue weighted by atomic mass is 10.2. The number of thiazole rings is 1. The van der Waals surface area contributed by atoms with Crippen LogP contribution >= 0.6 is 34.4 Å². The minimum absolute atomic E-state index is 0.815. The molecule has 1 aromatic carbocycles. The Bertz CT molecular complexity index is 682. The van der Waals surface area contributed by atoms with Crippen LogP contribution in [0.25, 0.3) is 10.6 Å². The quantitative estimate of drug-likeness (QED) is 0.666. The van der Waals surface area contributed by atoms with Crippen LogP contribution in [0.5, 0.6) is 5.75 Å². The molecule has 102 valence electrons. The highest BCUT2D eigenvalue weighted by Gasteiger charge is 2.07. The summed E-state index contributed by atoms with van der Waals surface area (Å²) in [4.78, 5) is 4.65. The van der Waals surface area contributed by atoms with Gasteiger partial charge < -0.3 is 4.74 Å². The Morgan fingerprint density at radius 3 is 3.05 bits per heavy atom. The van der Waals surface area contributed by atoms with Crippen LogP contribution < -0.4 is 4.74 Å². The first kappa shape index (κ1) is 13.5. The maximum absolute atomic E-state index is 5.24. The van der Waals surface area contributed by atoms with Crippen molar-refractivity contribution in [1.82, 2.24) is 15.2 Å². The fourth-order valence-electron chi connectivity index (χ4n) is 1.62. The molecule has 0 fully saturated rings. The lowest BCUT2D eigenvalue weighted by Crippen LogP contribution is -1.84. The summed E-state index contributed by atoms with van der Waals surface area (Å²) in [6.45, 7) is 0. The van der Waals surface area contributed by atoms with Gasteiger partial charge in [0, 0.05) is 16.7 Å². The summed E-state index contributed by atoms with van der Waals surface area (Å²) in [5, 5.41) is 10.9. The second-order valence-corrected chi connectivity index (χ2v) is 6.78. The Kier molecular flexibility index (Phi) is 4.29. The van der Waals surface area contributed by atoms with Crippen LogP contribution in [-0.4, -0.2) is 22.3 Å². The molecule has 0 aliphatic carbocycles. The number of hydrogen-bond donors (Lipinski definition) is 0. The Morgan fingerprint density at radius 1 is 1.30 bits per heavy atom. The van der Waals surface area contributed by atoms with Crippen molar-refractivity contribution in [2.24, 2.45) is 0 Å². The van der Waals surface area contributed by atoms with Crippen LogP contribution in [0.3, 0.4) is 0 Å². The average molecular weight is 321 g/mol. The first-order chi connectivity index (χ1) is 9.85. The number of methoxy groups -OCH3 is 1. The van der Waals surface area contributed by atoms with E-state index in [0.29, 0.717) is 0 Å². The Balaban J connectivity index is 1.72. The third-order valence-electron chi connectivity index (χ3n) is 2.55. The molecule has 0 bridgehead atoms. The summed E-state index contributed by atoms with van der Waals surface area (Å²) in [6.07, 6.45) is 0. The first-order valence-electron chi connectivity index (χ1n) is 5.83. The molecule has 2 aromatic heterocycles. The smallest absolute Gasteiger partial charge is 0.174 e. The SMILES string of the molecule is COc1cccc(-c2nc(CSc3nncs3)cs2)c1. The molecule has 0 unspecified atom stereocenters. The number of aromatic nitrogens is 3. The topological polar surface area (TPSA) is 47.9 Å². The number of thioether (sulfide) groups is 1. The van der Waals surface area contributed by atoms with Gasteiger partial charge in [0.2, 0.25) is 0 Å². The number of benzene rings is 1. The van der Waals surface area contributed by atoms with Crippen molar-refractivity contribution < 1.29 is 4.74 Å². The van der Waals surface area contributed by atoms with Gasteiger partial charge in [0.25, 0.3) is 0 Å². The van der Waals surface area contributed by atoms with Crippen molar-refractivity contribution in [2.45, 2.75) is 10.1 Å². The molecule has 0 radical (unpaired) electrons. The van der Waals surface area contributed by atoms with Crippen molar-refractivity contribution >= 4 is 34.4 Å². The Labute approximate surface area is 128 Å². The van der Waals surface area contributed by atoms with E-state index in [4.69, 9.17) is 4.74 Å². The molecule has 0 aliphatic rings. The predicted molar refractivity (Wildman–Crippen MR) is 83.6 cm³/mol. The summed E-state index contributed by atoms with van der Waals surface area (Å²) >= 11 is 4.86. The molecule has 2 heterocycles. The zero-order valence-corrected chi connectivity index (χ0v) is 13.1. The van der Waals surface area contributed by atoms with E-state index in [-0.39, 0.29) is 0 Å². The van der Waals surface area contributed by atoms with E-state index in [1.165, 1.54) is 0 Å². The summed E-state index contributed by atoms with van der Waals surface area (Å²) < 4.78 is 6.21. The average Bonchev–Trinajstić information content (AvgIpc) is 3.16. The molecule has 3 rings (SSSR count). The number of ether oxygens (including phenoxy) is 1. The molecule has 0 atom stereocenters. The van der Waals surface area contributed by atoms with Gasteiger partial charge >= 0.3 is 0 Å². The molecule has 0 N–H and O–H groups in total. The molecule has 0 aliphatic heterocycles. The molecular formula is C13H11N3OS3. The van der Waals surface area contributed by atoms with E-state index >= 15 is 0 Å². The van der Waals surface area contributed by atoms with Crippen molar-refractivity contribution in [2.75, 3.05) is 7.11 Å². The standard InChI is InChI=1S/C13H11N3OS3/c1-17-11-4-2-3-9(5-11)12-15-10(6-18-12)7-19-13-16-14-8-20-13/h2-6,8H,7H2,1H3.